The van der Waals surface area contributed by atoms with E-state index in [1.54, 1.807) is 0 Å². The van der Waals surface area contributed by atoms with Crippen molar-refractivity contribution in [2.75, 3.05) is 20.6 Å². The van der Waals surface area contributed by atoms with Crippen molar-refractivity contribution in [1.82, 2.24) is 15.2 Å². The lowest BCUT2D eigenvalue weighted by Crippen LogP contribution is -2.38. The Morgan fingerprint density at radius 1 is 1.62 bits per heavy atom. The standard InChI is InChI=1S/C11H17N3O2/c1-8(14(2)3)6-13-11(16)9-4-5-12-7-10(9)15/h4-5,7-8,15H,6H2,1-3H3,(H,13,16). The van der Waals surface area contributed by atoms with E-state index in [1.807, 2.05) is 25.9 Å². The predicted molar refractivity (Wildman–Crippen MR) is 61.4 cm³/mol. The molecule has 1 unspecified atom stereocenters. The molecule has 5 heteroatoms. The van der Waals surface area contributed by atoms with E-state index in [-0.39, 0.29) is 23.3 Å². The van der Waals surface area contributed by atoms with E-state index in [1.165, 1.54) is 18.5 Å². The van der Waals surface area contributed by atoms with Crippen molar-refractivity contribution in [3.63, 3.8) is 0 Å². The second kappa shape index (κ2) is 5.46. The zero-order chi connectivity index (χ0) is 12.1. The third-order valence-electron chi connectivity index (χ3n) is 2.48. The summed E-state index contributed by atoms with van der Waals surface area (Å²) < 4.78 is 0. The molecule has 0 saturated heterocycles. The number of nitrogens with zero attached hydrogens (tertiary/aromatic N) is 2. The molecule has 1 aromatic rings. The number of hydrogen-bond donors (Lipinski definition) is 2. The number of aromatic nitrogens is 1. The third kappa shape index (κ3) is 3.20. The highest BCUT2D eigenvalue weighted by molar-refractivity contribution is 5.96. The average Bonchev–Trinajstić information content (AvgIpc) is 2.25. The number of amides is 1. The molecule has 16 heavy (non-hydrogen) atoms. The Balaban J connectivity index is 2.57. The van der Waals surface area contributed by atoms with Gasteiger partial charge in [-0.15, -0.1) is 0 Å². The van der Waals surface area contributed by atoms with Crippen molar-refractivity contribution in [2.24, 2.45) is 0 Å². The van der Waals surface area contributed by atoms with Crippen LogP contribution in [0.3, 0.4) is 0 Å². The van der Waals surface area contributed by atoms with Crippen molar-refractivity contribution in [1.29, 1.82) is 0 Å². The molecule has 0 fully saturated rings. The molecule has 0 aliphatic rings. The molecule has 1 aromatic heterocycles. The van der Waals surface area contributed by atoms with Crippen LogP contribution in [0.4, 0.5) is 0 Å². The molecule has 1 atom stereocenters. The molecule has 0 aromatic carbocycles. The summed E-state index contributed by atoms with van der Waals surface area (Å²) in [7, 11) is 3.89. The number of rotatable bonds is 4. The van der Waals surface area contributed by atoms with E-state index in [0.717, 1.165) is 0 Å². The van der Waals surface area contributed by atoms with Crippen LogP contribution in [-0.2, 0) is 0 Å². The van der Waals surface area contributed by atoms with E-state index in [9.17, 15) is 9.90 Å². The number of likely N-dealkylation sites (N-methyl/N-ethyl adjacent to an activating group) is 1. The van der Waals surface area contributed by atoms with Gasteiger partial charge in [0.1, 0.15) is 5.75 Å². The molecule has 1 heterocycles. The fraction of sp³-hybridized carbons (Fsp3) is 0.455. The van der Waals surface area contributed by atoms with E-state index >= 15 is 0 Å². The molecule has 2 N–H and O–H groups in total. The van der Waals surface area contributed by atoms with Crippen LogP contribution < -0.4 is 5.32 Å². The van der Waals surface area contributed by atoms with Gasteiger partial charge in [-0.2, -0.15) is 0 Å². The van der Waals surface area contributed by atoms with Crippen LogP contribution in [0.25, 0.3) is 0 Å². The molecule has 0 bridgehead atoms. The Morgan fingerprint density at radius 3 is 2.88 bits per heavy atom. The van der Waals surface area contributed by atoms with Crippen molar-refractivity contribution < 1.29 is 9.90 Å². The molecule has 1 amide bonds. The van der Waals surface area contributed by atoms with Gasteiger partial charge in [-0.25, -0.2) is 0 Å². The average molecular weight is 223 g/mol. The lowest BCUT2D eigenvalue weighted by molar-refractivity contribution is 0.0941. The summed E-state index contributed by atoms with van der Waals surface area (Å²) in [5, 5.41) is 12.2. The first-order chi connectivity index (χ1) is 7.52. The van der Waals surface area contributed by atoms with Gasteiger partial charge < -0.3 is 15.3 Å². The minimum Gasteiger partial charge on any atom is -0.505 e. The summed E-state index contributed by atoms with van der Waals surface area (Å²) in [6.07, 6.45) is 2.73. The van der Waals surface area contributed by atoms with Gasteiger partial charge in [0.2, 0.25) is 0 Å². The number of carbonyl (C=O) groups is 1. The summed E-state index contributed by atoms with van der Waals surface area (Å²) in [6.45, 7) is 2.54. The fourth-order valence-corrected chi connectivity index (χ4v) is 1.10. The highest BCUT2D eigenvalue weighted by atomic mass is 16.3. The quantitative estimate of drug-likeness (QED) is 0.778. The molecule has 0 saturated carbocycles. The number of hydrogen-bond acceptors (Lipinski definition) is 4. The summed E-state index contributed by atoms with van der Waals surface area (Å²) in [4.78, 5) is 17.4. The molecule has 0 aliphatic heterocycles. The molecule has 0 aliphatic carbocycles. The predicted octanol–water partition coefficient (Wildman–Crippen LogP) is 0.467. The van der Waals surface area contributed by atoms with Crippen LogP contribution >= 0.6 is 0 Å². The molecule has 0 spiro atoms. The van der Waals surface area contributed by atoms with E-state index < -0.39 is 0 Å². The van der Waals surface area contributed by atoms with Crippen LogP contribution in [0.15, 0.2) is 18.5 Å². The first kappa shape index (κ1) is 12.4. The number of aromatic hydroxyl groups is 1. The lowest BCUT2D eigenvalue weighted by Gasteiger charge is -2.20. The smallest absolute Gasteiger partial charge is 0.255 e. The Labute approximate surface area is 95.1 Å². The Kier molecular flexibility index (Phi) is 4.25. The van der Waals surface area contributed by atoms with Gasteiger partial charge in [-0.05, 0) is 27.1 Å². The highest BCUT2D eigenvalue weighted by Gasteiger charge is 2.12. The van der Waals surface area contributed by atoms with Gasteiger partial charge in [-0.3, -0.25) is 9.78 Å². The summed E-state index contributed by atoms with van der Waals surface area (Å²) in [5.41, 5.74) is 0.251. The molecule has 1 rings (SSSR count). The summed E-state index contributed by atoms with van der Waals surface area (Å²) in [6, 6.07) is 1.73. The Bertz CT molecular complexity index is 366. The Morgan fingerprint density at radius 2 is 2.31 bits per heavy atom. The molecular formula is C11H17N3O2. The zero-order valence-corrected chi connectivity index (χ0v) is 9.77. The van der Waals surface area contributed by atoms with Crippen LogP contribution in [0.1, 0.15) is 17.3 Å². The van der Waals surface area contributed by atoms with Crippen molar-refractivity contribution >= 4 is 5.91 Å². The number of carbonyl (C=O) groups excluding carboxylic acids is 1. The van der Waals surface area contributed by atoms with Gasteiger partial charge >= 0.3 is 0 Å². The normalized spacial score (nSPS) is 12.5. The largest absolute Gasteiger partial charge is 0.505 e. The van der Waals surface area contributed by atoms with Crippen LogP contribution in [0, 0.1) is 0 Å². The van der Waals surface area contributed by atoms with Crippen molar-refractivity contribution in [3.05, 3.63) is 24.0 Å². The van der Waals surface area contributed by atoms with Crippen LogP contribution in [0.5, 0.6) is 5.75 Å². The second-order valence-electron chi connectivity index (χ2n) is 3.92. The topological polar surface area (TPSA) is 65.5 Å². The van der Waals surface area contributed by atoms with Crippen molar-refractivity contribution in [2.45, 2.75) is 13.0 Å². The summed E-state index contributed by atoms with van der Waals surface area (Å²) in [5.74, 6) is -0.383. The van der Waals surface area contributed by atoms with E-state index in [0.29, 0.717) is 6.54 Å². The molecule has 88 valence electrons. The highest BCUT2D eigenvalue weighted by Crippen LogP contribution is 2.13. The van der Waals surface area contributed by atoms with Gasteiger partial charge in [0.05, 0.1) is 11.8 Å². The fourth-order valence-electron chi connectivity index (χ4n) is 1.10. The Hall–Kier alpha value is -1.62. The number of pyridine rings is 1. The van der Waals surface area contributed by atoms with E-state index in [4.69, 9.17) is 0 Å². The van der Waals surface area contributed by atoms with Crippen LogP contribution in [-0.4, -0.2) is 47.6 Å². The van der Waals surface area contributed by atoms with Gasteiger partial charge in [0.15, 0.2) is 0 Å². The minimum atomic E-state index is -0.284. The van der Waals surface area contributed by atoms with Crippen molar-refractivity contribution in [3.8, 4) is 5.75 Å². The van der Waals surface area contributed by atoms with E-state index in [2.05, 4.69) is 10.3 Å². The maximum atomic E-state index is 11.7. The summed E-state index contributed by atoms with van der Waals surface area (Å²) >= 11 is 0. The second-order valence-corrected chi connectivity index (χ2v) is 3.92. The van der Waals surface area contributed by atoms with Crippen LogP contribution in [0.2, 0.25) is 0 Å². The third-order valence-corrected chi connectivity index (χ3v) is 2.48. The maximum Gasteiger partial charge on any atom is 0.255 e. The first-order valence-corrected chi connectivity index (χ1v) is 5.10. The van der Waals surface area contributed by atoms with Gasteiger partial charge in [-0.1, -0.05) is 0 Å². The van der Waals surface area contributed by atoms with Gasteiger partial charge in [0.25, 0.3) is 5.91 Å². The monoisotopic (exact) mass is 223 g/mol. The maximum absolute atomic E-state index is 11.7. The van der Waals surface area contributed by atoms with Gasteiger partial charge in [0, 0.05) is 18.8 Å². The lowest BCUT2D eigenvalue weighted by atomic mass is 10.2. The number of nitrogens with one attached hydrogen (secondary N) is 1. The molecule has 5 nitrogen and oxygen atoms in total. The SMILES string of the molecule is CC(CNC(=O)c1ccncc1O)N(C)C. The zero-order valence-electron chi connectivity index (χ0n) is 9.77. The minimum absolute atomic E-state index is 0.0995. The first-order valence-electron chi connectivity index (χ1n) is 5.10. The molecule has 0 radical (unpaired) electrons. The molecular weight excluding hydrogens is 206 g/mol.